The molecule has 0 spiro atoms. The fourth-order valence-corrected chi connectivity index (χ4v) is 1.08. The first-order valence-electron chi connectivity index (χ1n) is 4.88. The molecule has 0 aliphatic rings. The van der Waals surface area contributed by atoms with Crippen LogP contribution < -0.4 is 0 Å². The maximum Gasteiger partial charge on any atom is 0.339 e. The molecule has 0 bridgehead atoms. The van der Waals surface area contributed by atoms with Gasteiger partial charge < -0.3 is 4.74 Å². The fourth-order valence-electron chi connectivity index (χ4n) is 0.967. The minimum atomic E-state index is -0.347. The first-order chi connectivity index (χ1) is 7.09. The lowest BCUT2D eigenvalue weighted by Gasteiger charge is -2.06. The SMILES string of the molecule is CC(C)CCOC(=O)c1ccc(Cl)nc1. The smallest absolute Gasteiger partial charge is 0.339 e. The highest BCUT2D eigenvalue weighted by molar-refractivity contribution is 6.29. The fraction of sp³-hybridized carbons (Fsp3) is 0.455. The number of hydrogen-bond acceptors (Lipinski definition) is 3. The van der Waals surface area contributed by atoms with Crippen molar-refractivity contribution in [3.8, 4) is 0 Å². The number of ether oxygens (including phenoxy) is 1. The van der Waals surface area contributed by atoms with Gasteiger partial charge in [-0.25, -0.2) is 9.78 Å². The van der Waals surface area contributed by atoms with Crippen LogP contribution in [0, 0.1) is 5.92 Å². The van der Waals surface area contributed by atoms with Crippen LogP contribution in [0.2, 0.25) is 5.15 Å². The minimum absolute atomic E-state index is 0.347. The second-order valence-electron chi connectivity index (χ2n) is 3.69. The van der Waals surface area contributed by atoms with Crippen LogP contribution in [0.25, 0.3) is 0 Å². The second-order valence-corrected chi connectivity index (χ2v) is 4.08. The van der Waals surface area contributed by atoms with Gasteiger partial charge in [-0.2, -0.15) is 0 Å². The number of esters is 1. The lowest BCUT2D eigenvalue weighted by atomic mass is 10.1. The van der Waals surface area contributed by atoms with Crippen LogP contribution in [0.3, 0.4) is 0 Å². The van der Waals surface area contributed by atoms with E-state index in [0.29, 0.717) is 23.2 Å². The zero-order valence-corrected chi connectivity index (χ0v) is 9.62. The second kappa shape index (κ2) is 5.71. The molecule has 0 aliphatic heterocycles. The quantitative estimate of drug-likeness (QED) is 0.587. The molecule has 0 radical (unpaired) electrons. The first-order valence-corrected chi connectivity index (χ1v) is 5.26. The van der Waals surface area contributed by atoms with Crippen LogP contribution in [-0.2, 0) is 4.74 Å². The lowest BCUT2D eigenvalue weighted by molar-refractivity contribution is 0.0487. The summed E-state index contributed by atoms with van der Waals surface area (Å²) in [7, 11) is 0. The minimum Gasteiger partial charge on any atom is -0.462 e. The topological polar surface area (TPSA) is 39.2 Å². The Bertz CT molecular complexity index is 322. The maximum absolute atomic E-state index is 11.4. The van der Waals surface area contributed by atoms with Crippen molar-refractivity contribution in [2.75, 3.05) is 6.61 Å². The Hall–Kier alpha value is -1.09. The van der Waals surface area contributed by atoms with Crippen LogP contribution >= 0.6 is 11.6 Å². The van der Waals surface area contributed by atoms with Gasteiger partial charge in [0.05, 0.1) is 12.2 Å². The average molecular weight is 228 g/mol. The summed E-state index contributed by atoms with van der Waals surface area (Å²) in [4.78, 5) is 15.2. The van der Waals surface area contributed by atoms with Crippen molar-refractivity contribution in [3.05, 3.63) is 29.0 Å². The predicted octanol–water partition coefficient (Wildman–Crippen LogP) is 2.94. The molecular weight excluding hydrogens is 214 g/mol. The van der Waals surface area contributed by atoms with Crippen molar-refractivity contribution in [2.45, 2.75) is 20.3 Å². The van der Waals surface area contributed by atoms with Crippen LogP contribution in [0.1, 0.15) is 30.6 Å². The van der Waals surface area contributed by atoms with Crippen molar-refractivity contribution in [2.24, 2.45) is 5.92 Å². The van der Waals surface area contributed by atoms with E-state index >= 15 is 0 Å². The molecule has 0 amide bonds. The molecule has 0 aromatic carbocycles. The first kappa shape index (κ1) is 12.0. The summed E-state index contributed by atoms with van der Waals surface area (Å²) in [6.07, 6.45) is 2.28. The number of halogens is 1. The molecule has 15 heavy (non-hydrogen) atoms. The van der Waals surface area contributed by atoms with Gasteiger partial charge in [-0.1, -0.05) is 25.4 Å². The van der Waals surface area contributed by atoms with Crippen molar-refractivity contribution in [1.82, 2.24) is 4.98 Å². The van der Waals surface area contributed by atoms with E-state index in [9.17, 15) is 4.79 Å². The van der Waals surface area contributed by atoms with Crippen molar-refractivity contribution in [1.29, 1.82) is 0 Å². The third-order valence-electron chi connectivity index (χ3n) is 1.89. The number of nitrogens with zero attached hydrogens (tertiary/aromatic N) is 1. The van der Waals surface area contributed by atoms with Crippen molar-refractivity contribution in [3.63, 3.8) is 0 Å². The standard InChI is InChI=1S/C11H14ClNO2/c1-8(2)5-6-15-11(14)9-3-4-10(12)13-7-9/h3-4,7-8H,5-6H2,1-2H3. The Morgan fingerprint density at radius 2 is 2.27 bits per heavy atom. The number of pyridine rings is 1. The van der Waals surface area contributed by atoms with Crippen LogP contribution in [-0.4, -0.2) is 17.6 Å². The zero-order chi connectivity index (χ0) is 11.3. The summed E-state index contributed by atoms with van der Waals surface area (Å²) >= 11 is 5.60. The zero-order valence-electron chi connectivity index (χ0n) is 8.87. The van der Waals surface area contributed by atoms with E-state index in [1.807, 2.05) is 0 Å². The average Bonchev–Trinajstić information content (AvgIpc) is 2.18. The van der Waals surface area contributed by atoms with E-state index < -0.39 is 0 Å². The van der Waals surface area contributed by atoms with Gasteiger partial charge in [0.15, 0.2) is 0 Å². The largest absolute Gasteiger partial charge is 0.462 e. The molecule has 0 unspecified atom stereocenters. The lowest BCUT2D eigenvalue weighted by Crippen LogP contribution is -2.08. The molecule has 1 aromatic heterocycles. The molecule has 4 heteroatoms. The Labute approximate surface area is 94.4 Å². The molecule has 1 heterocycles. The van der Waals surface area contributed by atoms with Gasteiger partial charge in [-0.05, 0) is 24.5 Å². The van der Waals surface area contributed by atoms with Gasteiger partial charge >= 0.3 is 5.97 Å². The van der Waals surface area contributed by atoms with Crippen molar-refractivity contribution >= 4 is 17.6 Å². The Morgan fingerprint density at radius 1 is 1.53 bits per heavy atom. The van der Waals surface area contributed by atoms with Gasteiger partial charge in [0.25, 0.3) is 0 Å². The monoisotopic (exact) mass is 227 g/mol. The van der Waals surface area contributed by atoms with Gasteiger partial charge in [0.2, 0.25) is 0 Å². The molecule has 0 aliphatic carbocycles. The molecular formula is C11H14ClNO2. The molecule has 0 atom stereocenters. The highest BCUT2D eigenvalue weighted by Crippen LogP contribution is 2.07. The maximum atomic E-state index is 11.4. The molecule has 0 fully saturated rings. The Kier molecular flexibility index (Phi) is 4.56. The highest BCUT2D eigenvalue weighted by atomic mass is 35.5. The summed E-state index contributed by atoms with van der Waals surface area (Å²) in [5, 5.41) is 0.369. The van der Waals surface area contributed by atoms with E-state index in [0.717, 1.165) is 6.42 Å². The number of carbonyl (C=O) groups is 1. The van der Waals surface area contributed by atoms with E-state index in [4.69, 9.17) is 16.3 Å². The van der Waals surface area contributed by atoms with E-state index in [2.05, 4.69) is 18.8 Å². The molecule has 0 saturated heterocycles. The van der Waals surface area contributed by atoms with Crippen LogP contribution in [0.5, 0.6) is 0 Å². The van der Waals surface area contributed by atoms with Crippen molar-refractivity contribution < 1.29 is 9.53 Å². The van der Waals surface area contributed by atoms with Gasteiger partial charge in [0.1, 0.15) is 5.15 Å². The van der Waals surface area contributed by atoms with Crippen LogP contribution in [0.15, 0.2) is 18.3 Å². The van der Waals surface area contributed by atoms with E-state index in [1.54, 1.807) is 12.1 Å². The summed E-state index contributed by atoms with van der Waals surface area (Å²) in [5.74, 6) is 0.181. The molecule has 82 valence electrons. The Balaban J connectivity index is 2.43. The number of hydrogen-bond donors (Lipinski definition) is 0. The third kappa shape index (κ3) is 4.30. The summed E-state index contributed by atoms with van der Waals surface area (Å²) in [6.45, 7) is 4.61. The third-order valence-corrected chi connectivity index (χ3v) is 2.12. The normalized spacial score (nSPS) is 10.4. The molecule has 1 aromatic rings. The van der Waals surface area contributed by atoms with Gasteiger partial charge in [0, 0.05) is 6.20 Å². The van der Waals surface area contributed by atoms with E-state index in [-0.39, 0.29) is 5.97 Å². The molecule has 0 saturated carbocycles. The number of carbonyl (C=O) groups excluding carboxylic acids is 1. The van der Waals surface area contributed by atoms with Crippen LogP contribution in [0.4, 0.5) is 0 Å². The van der Waals surface area contributed by atoms with Gasteiger partial charge in [-0.3, -0.25) is 0 Å². The van der Waals surface area contributed by atoms with E-state index in [1.165, 1.54) is 6.20 Å². The molecule has 3 nitrogen and oxygen atoms in total. The Morgan fingerprint density at radius 3 is 2.80 bits per heavy atom. The van der Waals surface area contributed by atoms with Gasteiger partial charge in [-0.15, -0.1) is 0 Å². The number of aromatic nitrogens is 1. The summed E-state index contributed by atoms with van der Waals surface area (Å²) < 4.78 is 5.06. The predicted molar refractivity (Wildman–Crippen MR) is 59.0 cm³/mol. The summed E-state index contributed by atoms with van der Waals surface area (Å²) in [6, 6.07) is 3.17. The highest BCUT2D eigenvalue weighted by Gasteiger charge is 2.07. The molecule has 1 rings (SSSR count). The number of rotatable bonds is 4. The summed E-state index contributed by atoms with van der Waals surface area (Å²) in [5.41, 5.74) is 0.433. The molecule has 0 N–H and O–H groups in total.